The lowest BCUT2D eigenvalue weighted by Gasteiger charge is -2.17. The van der Waals surface area contributed by atoms with Crippen molar-refractivity contribution < 1.29 is 4.74 Å². The summed E-state index contributed by atoms with van der Waals surface area (Å²) in [4.78, 5) is 4.09. The van der Waals surface area contributed by atoms with Crippen LogP contribution in [0.5, 0.6) is 5.19 Å². The number of rotatable bonds is 6. The molecule has 0 N–H and O–H groups in total. The normalized spacial score (nSPS) is 17.6. The summed E-state index contributed by atoms with van der Waals surface area (Å²) in [5.74, 6) is 0.851. The van der Waals surface area contributed by atoms with Crippen molar-refractivity contribution in [3.8, 4) is 5.19 Å². The Morgan fingerprint density at radius 1 is 1.35 bits per heavy atom. The van der Waals surface area contributed by atoms with Gasteiger partial charge in [-0.2, -0.15) is 0 Å². The first kappa shape index (κ1) is 12.6. The molecule has 0 amide bonds. The molecule has 1 heterocycles. The van der Waals surface area contributed by atoms with Gasteiger partial charge < -0.3 is 4.74 Å². The minimum atomic E-state index is 0.780. The van der Waals surface area contributed by atoms with Crippen LogP contribution in [-0.2, 0) is 0 Å². The quantitative estimate of drug-likeness (QED) is 0.551. The third-order valence-electron chi connectivity index (χ3n) is 3.21. The smallest absolute Gasteiger partial charge is 0.273 e. The number of thiazole rings is 1. The van der Waals surface area contributed by atoms with E-state index in [2.05, 4.69) is 17.1 Å². The van der Waals surface area contributed by atoms with Gasteiger partial charge in [0.25, 0.3) is 5.19 Å². The third-order valence-corrected chi connectivity index (χ3v) is 3.89. The number of hydrogen-bond acceptors (Lipinski definition) is 3. The van der Waals surface area contributed by atoms with Gasteiger partial charge in [-0.1, -0.05) is 42.8 Å². The highest BCUT2D eigenvalue weighted by atomic mass is 32.1. The zero-order valence-electron chi connectivity index (χ0n) is 10.3. The van der Waals surface area contributed by atoms with E-state index in [0.29, 0.717) is 0 Å². The van der Waals surface area contributed by atoms with Crippen LogP contribution >= 0.6 is 11.3 Å². The third kappa shape index (κ3) is 4.90. The van der Waals surface area contributed by atoms with Crippen LogP contribution in [-0.4, -0.2) is 11.6 Å². The summed E-state index contributed by atoms with van der Waals surface area (Å²) in [7, 11) is 0. The standard InChI is InChI=1S/C14H21NOS/c1-3-7-13(8-4-1)9-5-2-6-11-16-14-15-10-12-17-14/h5,9-10,12-13H,1-4,6-8,11H2/b9-5+. The molecule has 1 saturated carbocycles. The van der Waals surface area contributed by atoms with Crippen molar-refractivity contribution in [2.45, 2.75) is 44.9 Å². The van der Waals surface area contributed by atoms with E-state index < -0.39 is 0 Å². The van der Waals surface area contributed by atoms with Gasteiger partial charge in [0.1, 0.15) is 0 Å². The Morgan fingerprint density at radius 3 is 3.00 bits per heavy atom. The first-order chi connectivity index (χ1) is 8.45. The molecule has 17 heavy (non-hydrogen) atoms. The zero-order valence-corrected chi connectivity index (χ0v) is 11.1. The lowest BCUT2D eigenvalue weighted by molar-refractivity contribution is 0.310. The second-order valence-electron chi connectivity index (χ2n) is 4.61. The van der Waals surface area contributed by atoms with Gasteiger partial charge in [0.05, 0.1) is 6.61 Å². The average Bonchev–Trinajstić information content (AvgIpc) is 2.88. The van der Waals surface area contributed by atoms with E-state index in [1.807, 2.05) is 5.38 Å². The van der Waals surface area contributed by atoms with E-state index in [1.165, 1.54) is 32.1 Å². The molecule has 0 aliphatic heterocycles. The summed E-state index contributed by atoms with van der Waals surface area (Å²) < 4.78 is 5.51. The van der Waals surface area contributed by atoms with Crippen molar-refractivity contribution >= 4 is 11.3 Å². The average molecular weight is 251 g/mol. The van der Waals surface area contributed by atoms with E-state index in [9.17, 15) is 0 Å². The van der Waals surface area contributed by atoms with Crippen LogP contribution in [0, 0.1) is 5.92 Å². The highest BCUT2D eigenvalue weighted by Crippen LogP contribution is 2.24. The molecule has 0 aromatic carbocycles. The van der Waals surface area contributed by atoms with Crippen molar-refractivity contribution in [1.29, 1.82) is 0 Å². The summed E-state index contributed by atoms with van der Waals surface area (Å²) >= 11 is 1.56. The Labute approximate surface area is 108 Å². The molecule has 0 atom stereocenters. The molecule has 3 heteroatoms. The van der Waals surface area contributed by atoms with E-state index >= 15 is 0 Å². The number of unbranched alkanes of at least 4 members (excludes halogenated alkanes) is 1. The maximum absolute atomic E-state index is 5.51. The maximum Gasteiger partial charge on any atom is 0.273 e. The van der Waals surface area contributed by atoms with Gasteiger partial charge in [0, 0.05) is 11.6 Å². The zero-order chi connectivity index (χ0) is 11.8. The molecule has 0 spiro atoms. The first-order valence-corrected chi connectivity index (χ1v) is 7.52. The molecule has 1 aromatic rings. The largest absolute Gasteiger partial charge is 0.470 e. The number of hydrogen-bond donors (Lipinski definition) is 0. The molecule has 0 bridgehead atoms. The Kier molecular flexibility index (Phi) is 5.56. The second-order valence-corrected chi connectivity index (χ2v) is 5.47. The number of aromatic nitrogens is 1. The monoisotopic (exact) mass is 251 g/mol. The number of allylic oxidation sites excluding steroid dienone is 2. The van der Waals surface area contributed by atoms with Crippen molar-refractivity contribution in [3.05, 3.63) is 23.7 Å². The van der Waals surface area contributed by atoms with Crippen molar-refractivity contribution in [2.24, 2.45) is 5.92 Å². The lowest BCUT2D eigenvalue weighted by atomic mass is 9.89. The van der Waals surface area contributed by atoms with E-state index in [4.69, 9.17) is 4.74 Å². The molecule has 94 valence electrons. The Balaban J connectivity index is 1.52. The number of ether oxygens (including phenoxy) is 1. The molecule has 2 nitrogen and oxygen atoms in total. The predicted molar refractivity (Wildman–Crippen MR) is 72.6 cm³/mol. The fourth-order valence-electron chi connectivity index (χ4n) is 2.26. The summed E-state index contributed by atoms with van der Waals surface area (Å²) in [6.07, 6.45) is 15.8. The Hall–Kier alpha value is -0.830. The molecule has 1 aromatic heterocycles. The van der Waals surface area contributed by atoms with Gasteiger partial charge in [-0.05, 0) is 31.6 Å². The van der Waals surface area contributed by atoms with Crippen LogP contribution in [0.3, 0.4) is 0 Å². The molecule has 0 saturated heterocycles. The lowest BCUT2D eigenvalue weighted by Crippen LogP contribution is -2.02. The minimum absolute atomic E-state index is 0.780. The van der Waals surface area contributed by atoms with Crippen LogP contribution in [0.15, 0.2) is 23.7 Å². The Morgan fingerprint density at radius 2 is 2.24 bits per heavy atom. The fraction of sp³-hybridized carbons (Fsp3) is 0.643. The van der Waals surface area contributed by atoms with E-state index in [1.54, 1.807) is 17.5 Å². The van der Waals surface area contributed by atoms with E-state index in [0.717, 1.165) is 30.6 Å². The summed E-state index contributed by atoms with van der Waals surface area (Å²) in [6.45, 7) is 0.780. The van der Waals surface area contributed by atoms with Gasteiger partial charge >= 0.3 is 0 Å². The van der Waals surface area contributed by atoms with Crippen molar-refractivity contribution in [1.82, 2.24) is 4.98 Å². The first-order valence-electron chi connectivity index (χ1n) is 6.64. The number of nitrogens with zero attached hydrogens (tertiary/aromatic N) is 1. The van der Waals surface area contributed by atoms with Gasteiger partial charge in [-0.3, -0.25) is 0 Å². The van der Waals surface area contributed by atoms with Crippen LogP contribution in [0.2, 0.25) is 0 Å². The molecule has 2 rings (SSSR count). The maximum atomic E-state index is 5.51. The van der Waals surface area contributed by atoms with Crippen molar-refractivity contribution in [3.63, 3.8) is 0 Å². The van der Waals surface area contributed by atoms with Crippen LogP contribution in [0.4, 0.5) is 0 Å². The molecule has 1 fully saturated rings. The topological polar surface area (TPSA) is 22.1 Å². The van der Waals surface area contributed by atoms with Crippen molar-refractivity contribution in [2.75, 3.05) is 6.61 Å². The molecule has 0 radical (unpaired) electrons. The van der Waals surface area contributed by atoms with Crippen LogP contribution in [0.1, 0.15) is 44.9 Å². The van der Waals surface area contributed by atoms with Gasteiger partial charge in [-0.25, -0.2) is 4.98 Å². The summed E-state index contributed by atoms with van der Waals surface area (Å²) in [5, 5.41) is 2.74. The second kappa shape index (κ2) is 7.49. The molecular formula is C14H21NOS. The fourth-order valence-corrected chi connectivity index (χ4v) is 2.77. The molecular weight excluding hydrogens is 230 g/mol. The predicted octanol–water partition coefficient (Wildman–Crippen LogP) is 4.44. The Bertz CT molecular complexity index is 315. The van der Waals surface area contributed by atoms with E-state index in [-0.39, 0.29) is 0 Å². The highest BCUT2D eigenvalue weighted by molar-refractivity contribution is 7.11. The van der Waals surface area contributed by atoms with Crippen LogP contribution < -0.4 is 4.74 Å². The van der Waals surface area contributed by atoms with Gasteiger partial charge in [0.2, 0.25) is 0 Å². The highest BCUT2D eigenvalue weighted by Gasteiger charge is 2.09. The molecule has 1 aliphatic rings. The van der Waals surface area contributed by atoms with Gasteiger partial charge in [0.15, 0.2) is 0 Å². The van der Waals surface area contributed by atoms with Gasteiger partial charge in [-0.15, -0.1) is 0 Å². The minimum Gasteiger partial charge on any atom is -0.470 e. The summed E-state index contributed by atoms with van der Waals surface area (Å²) in [6, 6.07) is 0. The van der Waals surface area contributed by atoms with Crippen LogP contribution in [0.25, 0.3) is 0 Å². The molecule has 0 unspecified atom stereocenters. The molecule has 1 aliphatic carbocycles. The SMILES string of the molecule is C(=C\C1CCCCC1)/CCCOc1nccs1. The summed E-state index contributed by atoms with van der Waals surface area (Å²) in [5.41, 5.74) is 0.